The van der Waals surface area contributed by atoms with E-state index >= 15 is 0 Å². The fourth-order valence-electron chi connectivity index (χ4n) is 1.89. The monoisotopic (exact) mass is 253 g/mol. The number of nitrogens with one attached hydrogen (secondary N) is 1. The molecule has 17 heavy (non-hydrogen) atoms. The molecule has 1 atom stereocenters. The Morgan fingerprint density at radius 1 is 1.35 bits per heavy atom. The Labute approximate surface area is 106 Å². The van der Waals surface area contributed by atoms with Crippen LogP contribution < -0.4 is 5.32 Å². The molecular weight excluding hydrogens is 238 g/mol. The lowest BCUT2D eigenvalue weighted by molar-refractivity contribution is -0.148. The van der Waals surface area contributed by atoms with Crippen LogP contribution in [0.2, 0.25) is 5.02 Å². The van der Waals surface area contributed by atoms with Crippen LogP contribution in [0.15, 0.2) is 24.3 Å². The predicted molar refractivity (Wildman–Crippen MR) is 66.9 cm³/mol. The molecule has 1 aliphatic rings. The quantitative estimate of drug-likeness (QED) is 0.842. The van der Waals surface area contributed by atoms with Gasteiger partial charge in [0.1, 0.15) is 12.6 Å². The van der Waals surface area contributed by atoms with Crippen LogP contribution in [0.3, 0.4) is 0 Å². The van der Waals surface area contributed by atoms with E-state index in [2.05, 4.69) is 5.32 Å². The zero-order valence-corrected chi connectivity index (χ0v) is 10.4. The molecule has 2 rings (SSSR count). The number of halogens is 1. The summed E-state index contributed by atoms with van der Waals surface area (Å²) in [6.45, 7) is 1.22. The SMILES string of the molecule is O=C(OCc1ccc(Cl)cc1)[C@H]1CCCCN1. The zero-order valence-electron chi connectivity index (χ0n) is 9.62. The van der Waals surface area contributed by atoms with Gasteiger partial charge in [-0.15, -0.1) is 0 Å². The third-order valence-electron chi connectivity index (χ3n) is 2.89. The van der Waals surface area contributed by atoms with Gasteiger partial charge in [0.15, 0.2) is 0 Å². The second kappa shape index (κ2) is 6.03. The van der Waals surface area contributed by atoms with Crippen molar-refractivity contribution in [1.29, 1.82) is 0 Å². The van der Waals surface area contributed by atoms with E-state index in [-0.39, 0.29) is 12.0 Å². The summed E-state index contributed by atoms with van der Waals surface area (Å²) < 4.78 is 5.26. The fourth-order valence-corrected chi connectivity index (χ4v) is 2.01. The van der Waals surface area contributed by atoms with E-state index in [1.165, 1.54) is 0 Å². The van der Waals surface area contributed by atoms with Crippen LogP contribution in [0.4, 0.5) is 0 Å². The number of ether oxygens (including phenoxy) is 1. The van der Waals surface area contributed by atoms with Crippen molar-refractivity contribution in [3.63, 3.8) is 0 Å². The van der Waals surface area contributed by atoms with Crippen molar-refractivity contribution in [1.82, 2.24) is 5.32 Å². The van der Waals surface area contributed by atoms with Crippen LogP contribution in [-0.2, 0) is 16.1 Å². The van der Waals surface area contributed by atoms with Crippen molar-refractivity contribution in [2.24, 2.45) is 0 Å². The normalized spacial score (nSPS) is 19.9. The van der Waals surface area contributed by atoms with Gasteiger partial charge in [-0.2, -0.15) is 0 Å². The molecule has 92 valence electrons. The summed E-state index contributed by atoms with van der Waals surface area (Å²) in [6, 6.07) is 7.19. The van der Waals surface area contributed by atoms with E-state index in [0.29, 0.717) is 11.6 Å². The molecule has 0 saturated carbocycles. The molecule has 1 aromatic rings. The van der Waals surface area contributed by atoms with E-state index in [1.54, 1.807) is 12.1 Å². The number of rotatable bonds is 3. The van der Waals surface area contributed by atoms with Gasteiger partial charge in [-0.1, -0.05) is 30.2 Å². The Bertz CT molecular complexity index is 372. The summed E-state index contributed by atoms with van der Waals surface area (Å²) in [5.74, 6) is -0.153. The first-order valence-corrected chi connectivity index (χ1v) is 6.28. The largest absolute Gasteiger partial charge is 0.460 e. The topological polar surface area (TPSA) is 38.3 Å². The third kappa shape index (κ3) is 3.72. The van der Waals surface area contributed by atoms with Gasteiger partial charge in [0, 0.05) is 5.02 Å². The van der Waals surface area contributed by atoms with E-state index in [1.807, 2.05) is 12.1 Å². The van der Waals surface area contributed by atoms with Gasteiger partial charge in [-0.25, -0.2) is 0 Å². The van der Waals surface area contributed by atoms with Crippen LogP contribution >= 0.6 is 11.6 Å². The maximum absolute atomic E-state index is 11.7. The lowest BCUT2D eigenvalue weighted by atomic mass is 10.1. The Morgan fingerprint density at radius 2 is 2.12 bits per heavy atom. The first-order chi connectivity index (χ1) is 8.25. The van der Waals surface area contributed by atoms with E-state index < -0.39 is 0 Å². The van der Waals surface area contributed by atoms with Crippen molar-refractivity contribution < 1.29 is 9.53 Å². The molecule has 0 spiro atoms. The first-order valence-electron chi connectivity index (χ1n) is 5.90. The van der Waals surface area contributed by atoms with Gasteiger partial charge in [-0.05, 0) is 37.1 Å². The summed E-state index contributed by atoms with van der Waals surface area (Å²) in [7, 11) is 0. The van der Waals surface area contributed by atoms with Crippen LogP contribution in [0.5, 0.6) is 0 Å². The maximum atomic E-state index is 11.7. The minimum atomic E-state index is -0.153. The molecule has 0 amide bonds. The Hall–Kier alpha value is -1.06. The molecule has 0 radical (unpaired) electrons. The van der Waals surface area contributed by atoms with Crippen LogP contribution in [0.1, 0.15) is 24.8 Å². The molecule has 0 aliphatic carbocycles. The lowest BCUT2D eigenvalue weighted by Crippen LogP contribution is -2.41. The number of piperidine rings is 1. The summed E-state index contributed by atoms with van der Waals surface area (Å²) in [4.78, 5) is 11.7. The van der Waals surface area contributed by atoms with Crippen molar-refractivity contribution in [2.75, 3.05) is 6.54 Å². The molecule has 0 unspecified atom stereocenters. The highest BCUT2D eigenvalue weighted by Gasteiger charge is 2.21. The lowest BCUT2D eigenvalue weighted by Gasteiger charge is -2.21. The molecule has 1 heterocycles. The molecule has 1 aliphatic heterocycles. The number of esters is 1. The molecular formula is C13H16ClNO2. The van der Waals surface area contributed by atoms with Crippen molar-refractivity contribution in [3.8, 4) is 0 Å². The summed E-state index contributed by atoms with van der Waals surface area (Å²) in [5.41, 5.74) is 0.957. The number of benzene rings is 1. The maximum Gasteiger partial charge on any atom is 0.323 e. The molecule has 0 aromatic heterocycles. The van der Waals surface area contributed by atoms with Gasteiger partial charge < -0.3 is 10.1 Å². The van der Waals surface area contributed by atoms with E-state index in [9.17, 15) is 4.79 Å². The second-order valence-corrected chi connectivity index (χ2v) is 4.67. The molecule has 1 saturated heterocycles. The van der Waals surface area contributed by atoms with E-state index in [4.69, 9.17) is 16.3 Å². The average Bonchev–Trinajstić information content (AvgIpc) is 2.39. The highest BCUT2D eigenvalue weighted by atomic mass is 35.5. The molecule has 4 heteroatoms. The molecule has 1 N–H and O–H groups in total. The number of carbonyl (C=O) groups is 1. The highest BCUT2D eigenvalue weighted by molar-refractivity contribution is 6.30. The van der Waals surface area contributed by atoms with Crippen LogP contribution in [0, 0.1) is 0 Å². The van der Waals surface area contributed by atoms with Gasteiger partial charge in [0.25, 0.3) is 0 Å². The van der Waals surface area contributed by atoms with Crippen molar-refractivity contribution in [2.45, 2.75) is 31.9 Å². The standard InChI is InChI=1S/C13H16ClNO2/c14-11-6-4-10(5-7-11)9-17-13(16)12-3-1-2-8-15-12/h4-7,12,15H,1-3,8-9H2/t12-/m1/s1. The average molecular weight is 254 g/mol. The van der Waals surface area contributed by atoms with Gasteiger partial charge in [0.2, 0.25) is 0 Å². The number of carbonyl (C=O) groups excluding carboxylic acids is 1. The van der Waals surface area contributed by atoms with Gasteiger partial charge >= 0.3 is 5.97 Å². The first kappa shape index (κ1) is 12.4. The highest BCUT2D eigenvalue weighted by Crippen LogP contribution is 2.12. The summed E-state index contributed by atoms with van der Waals surface area (Å²) in [5, 5.41) is 3.86. The van der Waals surface area contributed by atoms with Crippen LogP contribution in [0.25, 0.3) is 0 Å². The smallest absolute Gasteiger partial charge is 0.323 e. The zero-order chi connectivity index (χ0) is 12.1. The Balaban J connectivity index is 1.81. The Morgan fingerprint density at radius 3 is 2.76 bits per heavy atom. The minimum absolute atomic E-state index is 0.129. The van der Waals surface area contributed by atoms with Crippen molar-refractivity contribution >= 4 is 17.6 Å². The fraction of sp³-hybridized carbons (Fsp3) is 0.462. The number of hydrogen-bond donors (Lipinski definition) is 1. The molecule has 3 nitrogen and oxygen atoms in total. The predicted octanol–water partition coefficient (Wildman–Crippen LogP) is 2.53. The molecule has 1 fully saturated rings. The van der Waals surface area contributed by atoms with Crippen LogP contribution in [-0.4, -0.2) is 18.6 Å². The third-order valence-corrected chi connectivity index (χ3v) is 3.14. The summed E-state index contributed by atoms with van der Waals surface area (Å²) >= 11 is 5.78. The van der Waals surface area contributed by atoms with Gasteiger partial charge in [-0.3, -0.25) is 4.79 Å². The Kier molecular flexibility index (Phi) is 4.40. The van der Waals surface area contributed by atoms with E-state index in [0.717, 1.165) is 31.4 Å². The number of hydrogen-bond acceptors (Lipinski definition) is 3. The second-order valence-electron chi connectivity index (χ2n) is 4.24. The van der Waals surface area contributed by atoms with Gasteiger partial charge in [0.05, 0.1) is 0 Å². The minimum Gasteiger partial charge on any atom is -0.460 e. The summed E-state index contributed by atoms with van der Waals surface area (Å²) in [6.07, 6.45) is 3.11. The molecule has 1 aromatic carbocycles. The molecule has 0 bridgehead atoms. The van der Waals surface area contributed by atoms with Crippen molar-refractivity contribution in [3.05, 3.63) is 34.9 Å².